The van der Waals surface area contributed by atoms with E-state index in [1.165, 1.54) is 30.7 Å². The molecule has 1 aliphatic heterocycles. The van der Waals surface area contributed by atoms with E-state index in [4.69, 9.17) is 23.0 Å². The molecule has 0 saturated heterocycles. The number of carbonyl (C=O) groups excluding carboxylic acids is 1. The van der Waals surface area contributed by atoms with Crippen LogP contribution in [0.1, 0.15) is 10.6 Å². The van der Waals surface area contributed by atoms with Crippen LogP contribution in [0.5, 0.6) is 17.2 Å². The third kappa shape index (κ3) is 3.12. The molecule has 7 nitrogen and oxygen atoms in total. The van der Waals surface area contributed by atoms with Gasteiger partial charge in [0, 0.05) is 6.07 Å². The Bertz CT molecular complexity index is 1270. The van der Waals surface area contributed by atoms with Crippen LogP contribution in [0.25, 0.3) is 22.1 Å². The van der Waals surface area contributed by atoms with Crippen molar-refractivity contribution in [2.45, 2.75) is 0 Å². The molecule has 7 heteroatoms. The lowest BCUT2D eigenvalue weighted by atomic mass is 10.0. The maximum atomic E-state index is 13.0. The second-order valence-corrected chi connectivity index (χ2v) is 6.36. The fourth-order valence-corrected chi connectivity index (χ4v) is 3.13. The van der Waals surface area contributed by atoms with Crippen molar-refractivity contribution < 1.29 is 27.8 Å². The Morgan fingerprint density at radius 2 is 1.79 bits per heavy atom. The molecular formula is C22H14O7. The molecule has 0 bridgehead atoms. The normalized spacial score (nSPS) is 12.7. The van der Waals surface area contributed by atoms with E-state index in [2.05, 4.69) is 0 Å². The molecule has 1 aliphatic rings. The molecule has 0 saturated carbocycles. The summed E-state index contributed by atoms with van der Waals surface area (Å²) < 4.78 is 27.0. The average molecular weight is 390 g/mol. The largest absolute Gasteiger partial charge is 0.486 e. The molecule has 2 aromatic carbocycles. The van der Waals surface area contributed by atoms with Gasteiger partial charge in [0.05, 0.1) is 17.2 Å². The number of hydrogen-bond acceptors (Lipinski definition) is 7. The number of hydrogen-bond donors (Lipinski definition) is 0. The number of carbonyl (C=O) groups is 1. The lowest BCUT2D eigenvalue weighted by Crippen LogP contribution is -2.15. The van der Waals surface area contributed by atoms with Crippen LogP contribution < -0.4 is 19.6 Å². The highest BCUT2D eigenvalue weighted by molar-refractivity contribution is 5.89. The number of benzene rings is 2. The maximum absolute atomic E-state index is 13.0. The first kappa shape index (κ1) is 17.1. The SMILES string of the molecule is O=C(Oc1ccc2c(=O)c(-c3ccc4c(c3)OCCO4)coc2c1)c1ccco1. The van der Waals surface area contributed by atoms with Crippen LogP contribution in [0, 0.1) is 0 Å². The van der Waals surface area contributed by atoms with Gasteiger partial charge in [-0.1, -0.05) is 6.07 Å². The third-order valence-corrected chi connectivity index (χ3v) is 4.53. The topological polar surface area (TPSA) is 88.1 Å². The van der Waals surface area contributed by atoms with Crippen molar-refractivity contribution in [2.75, 3.05) is 13.2 Å². The Morgan fingerprint density at radius 1 is 0.931 bits per heavy atom. The summed E-state index contributed by atoms with van der Waals surface area (Å²) in [5, 5.41) is 0.371. The van der Waals surface area contributed by atoms with Crippen LogP contribution in [-0.2, 0) is 0 Å². The highest BCUT2D eigenvalue weighted by Gasteiger charge is 2.17. The first-order valence-electron chi connectivity index (χ1n) is 8.90. The van der Waals surface area contributed by atoms with E-state index >= 15 is 0 Å². The van der Waals surface area contributed by atoms with Crippen LogP contribution >= 0.6 is 0 Å². The molecule has 0 unspecified atom stereocenters. The van der Waals surface area contributed by atoms with E-state index in [9.17, 15) is 9.59 Å². The molecule has 0 fully saturated rings. The lowest BCUT2D eigenvalue weighted by Gasteiger charge is -2.18. The van der Waals surface area contributed by atoms with E-state index in [-0.39, 0.29) is 16.9 Å². The van der Waals surface area contributed by atoms with Gasteiger partial charge in [0.25, 0.3) is 0 Å². The molecule has 29 heavy (non-hydrogen) atoms. The van der Waals surface area contributed by atoms with Crippen LogP contribution in [0.4, 0.5) is 0 Å². The standard InChI is InChI=1S/C22H14O7/c23-21-15-5-4-14(29-22(24)18-2-1-7-25-18)11-19(15)28-12-16(21)13-3-6-17-20(10-13)27-9-8-26-17/h1-7,10-12H,8-9H2. The van der Waals surface area contributed by atoms with Gasteiger partial charge in [-0.15, -0.1) is 0 Å². The third-order valence-electron chi connectivity index (χ3n) is 4.53. The summed E-state index contributed by atoms with van der Waals surface area (Å²) >= 11 is 0. The summed E-state index contributed by atoms with van der Waals surface area (Å²) in [6, 6.07) is 13.0. The van der Waals surface area contributed by atoms with Crippen molar-refractivity contribution in [3.8, 4) is 28.4 Å². The van der Waals surface area contributed by atoms with Crippen molar-refractivity contribution in [3.63, 3.8) is 0 Å². The number of esters is 1. The van der Waals surface area contributed by atoms with Gasteiger partial charge in [0.2, 0.25) is 5.76 Å². The zero-order chi connectivity index (χ0) is 19.8. The smallest absolute Gasteiger partial charge is 0.379 e. The van der Waals surface area contributed by atoms with Crippen molar-refractivity contribution >= 4 is 16.9 Å². The van der Waals surface area contributed by atoms with Crippen LogP contribution in [0.2, 0.25) is 0 Å². The van der Waals surface area contributed by atoms with Gasteiger partial charge in [-0.2, -0.15) is 0 Å². The van der Waals surface area contributed by atoms with Crippen LogP contribution in [0.15, 0.2) is 74.7 Å². The van der Waals surface area contributed by atoms with Gasteiger partial charge in [-0.25, -0.2) is 4.79 Å². The van der Waals surface area contributed by atoms with Crippen LogP contribution in [-0.4, -0.2) is 19.2 Å². The minimum absolute atomic E-state index is 0.0838. The Kier molecular flexibility index (Phi) is 4.05. The number of ether oxygens (including phenoxy) is 3. The summed E-state index contributed by atoms with van der Waals surface area (Å²) in [7, 11) is 0. The molecule has 0 atom stereocenters. The summed E-state index contributed by atoms with van der Waals surface area (Å²) in [4.78, 5) is 25.0. The van der Waals surface area contributed by atoms with E-state index in [0.717, 1.165) is 0 Å². The summed E-state index contributed by atoms with van der Waals surface area (Å²) in [5.74, 6) is 0.931. The molecule has 4 aromatic rings. The summed E-state index contributed by atoms with van der Waals surface area (Å²) in [6.45, 7) is 0.958. The Balaban J connectivity index is 1.49. The molecule has 2 aromatic heterocycles. The second kappa shape index (κ2) is 6.87. The molecule has 5 rings (SSSR count). The van der Waals surface area contributed by atoms with Gasteiger partial charge in [-0.3, -0.25) is 4.79 Å². The molecular weight excluding hydrogens is 376 g/mol. The Morgan fingerprint density at radius 3 is 2.62 bits per heavy atom. The van der Waals surface area contributed by atoms with E-state index in [1.54, 1.807) is 30.3 Å². The highest BCUT2D eigenvalue weighted by Crippen LogP contribution is 2.34. The zero-order valence-electron chi connectivity index (χ0n) is 15.0. The van der Waals surface area contributed by atoms with Gasteiger partial charge in [0.1, 0.15) is 30.8 Å². The molecule has 0 aliphatic carbocycles. The minimum Gasteiger partial charge on any atom is -0.486 e. The van der Waals surface area contributed by atoms with Crippen molar-refractivity contribution in [3.05, 3.63) is 77.0 Å². The predicted molar refractivity (Wildman–Crippen MR) is 103 cm³/mol. The Hall–Kier alpha value is -4.00. The number of furan rings is 1. The fourth-order valence-electron chi connectivity index (χ4n) is 3.13. The Labute approximate surface area is 164 Å². The number of fused-ring (bicyclic) bond motifs is 2. The number of rotatable bonds is 3. The average Bonchev–Trinajstić information content (AvgIpc) is 3.29. The van der Waals surface area contributed by atoms with E-state index in [0.29, 0.717) is 46.8 Å². The van der Waals surface area contributed by atoms with Crippen molar-refractivity contribution in [2.24, 2.45) is 0 Å². The first-order chi connectivity index (χ1) is 14.2. The maximum Gasteiger partial charge on any atom is 0.379 e. The van der Waals surface area contributed by atoms with Gasteiger partial charge in [-0.05, 0) is 42.0 Å². The minimum atomic E-state index is -0.635. The monoisotopic (exact) mass is 390 g/mol. The van der Waals surface area contributed by atoms with Gasteiger partial charge < -0.3 is 23.0 Å². The molecule has 0 N–H and O–H groups in total. The second-order valence-electron chi connectivity index (χ2n) is 6.36. The fraction of sp³-hybridized carbons (Fsp3) is 0.0909. The molecule has 3 heterocycles. The van der Waals surface area contributed by atoms with Crippen molar-refractivity contribution in [1.82, 2.24) is 0 Å². The highest BCUT2D eigenvalue weighted by atomic mass is 16.6. The van der Waals surface area contributed by atoms with Gasteiger partial charge in [0.15, 0.2) is 16.9 Å². The van der Waals surface area contributed by atoms with E-state index < -0.39 is 5.97 Å². The molecule has 0 radical (unpaired) electrons. The molecule has 144 valence electrons. The quantitative estimate of drug-likeness (QED) is 0.385. The van der Waals surface area contributed by atoms with Crippen LogP contribution in [0.3, 0.4) is 0 Å². The van der Waals surface area contributed by atoms with Gasteiger partial charge >= 0.3 is 5.97 Å². The summed E-state index contributed by atoms with van der Waals surface area (Å²) in [5.41, 5.74) is 1.17. The van der Waals surface area contributed by atoms with E-state index in [1.807, 2.05) is 0 Å². The molecule has 0 amide bonds. The first-order valence-corrected chi connectivity index (χ1v) is 8.90. The lowest BCUT2D eigenvalue weighted by molar-refractivity contribution is 0.0701. The molecule has 0 spiro atoms. The van der Waals surface area contributed by atoms with Crippen molar-refractivity contribution in [1.29, 1.82) is 0 Å². The summed E-state index contributed by atoms with van der Waals surface area (Å²) in [6.07, 6.45) is 2.77. The predicted octanol–water partition coefficient (Wildman–Crippen LogP) is 4.04. The zero-order valence-corrected chi connectivity index (χ0v) is 15.0.